The van der Waals surface area contributed by atoms with Gasteiger partial charge in [0.05, 0.1) is 0 Å². The number of carbonyl (C=O) groups excluding carboxylic acids is 1. The van der Waals surface area contributed by atoms with Gasteiger partial charge in [0.2, 0.25) is 0 Å². The molecule has 1 amide bonds. The maximum Gasteiger partial charge on any atom is 0.273 e. The van der Waals surface area contributed by atoms with Crippen molar-refractivity contribution >= 4 is 17.4 Å². The summed E-state index contributed by atoms with van der Waals surface area (Å²) in [5, 5.41) is 3.24. The Kier molecular flexibility index (Phi) is 5.81. The number of hydrogen-bond donors (Lipinski definition) is 1. The first-order valence-corrected chi connectivity index (χ1v) is 9.05. The SMILES string of the molecule is Cc1nc(Nc2ccccc2)cc(C(=O)N(Cc2ccccc2)C(C)C)n1. The van der Waals surface area contributed by atoms with Gasteiger partial charge in [0.25, 0.3) is 5.91 Å². The molecule has 0 saturated heterocycles. The number of nitrogens with one attached hydrogen (secondary N) is 1. The van der Waals surface area contributed by atoms with Gasteiger partial charge in [-0.1, -0.05) is 48.5 Å². The van der Waals surface area contributed by atoms with Crippen molar-refractivity contribution in [2.24, 2.45) is 0 Å². The highest BCUT2D eigenvalue weighted by atomic mass is 16.2. The standard InChI is InChI=1S/C22H24N4O/c1-16(2)26(15-18-10-6-4-7-11-18)22(27)20-14-21(24-17(3)23-20)25-19-12-8-5-9-13-19/h4-14,16H,15H2,1-3H3,(H,23,24,25). The first kappa shape index (κ1) is 18.6. The number of hydrogen-bond acceptors (Lipinski definition) is 4. The van der Waals surface area contributed by atoms with Crippen molar-refractivity contribution in [2.75, 3.05) is 5.32 Å². The van der Waals surface area contributed by atoms with E-state index in [4.69, 9.17) is 0 Å². The zero-order chi connectivity index (χ0) is 19.2. The van der Waals surface area contributed by atoms with Crippen molar-refractivity contribution in [3.8, 4) is 0 Å². The van der Waals surface area contributed by atoms with Crippen LogP contribution in [0, 0.1) is 6.92 Å². The molecule has 27 heavy (non-hydrogen) atoms. The molecule has 0 bridgehead atoms. The number of para-hydroxylation sites is 1. The van der Waals surface area contributed by atoms with Crippen LogP contribution in [-0.4, -0.2) is 26.8 Å². The Morgan fingerprint density at radius 3 is 2.26 bits per heavy atom. The van der Waals surface area contributed by atoms with Gasteiger partial charge in [0.1, 0.15) is 17.3 Å². The first-order valence-electron chi connectivity index (χ1n) is 9.05. The molecule has 0 spiro atoms. The van der Waals surface area contributed by atoms with E-state index in [9.17, 15) is 4.79 Å². The summed E-state index contributed by atoms with van der Waals surface area (Å²) in [5.41, 5.74) is 2.40. The van der Waals surface area contributed by atoms with E-state index in [0.717, 1.165) is 11.3 Å². The molecule has 0 aliphatic carbocycles. The Labute approximate surface area is 160 Å². The largest absolute Gasteiger partial charge is 0.340 e. The molecule has 0 unspecified atom stereocenters. The lowest BCUT2D eigenvalue weighted by Gasteiger charge is -2.26. The normalized spacial score (nSPS) is 10.7. The molecule has 3 aromatic rings. The number of benzene rings is 2. The molecule has 5 heteroatoms. The van der Waals surface area contributed by atoms with Crippen LogP contribution < -0.4 is 5.32 Å². The van der Waals surface area contributed by atoms with E-state index in [1.54, 1.807) is 13.0 Å². The number of anilines is 2. The van der Waals surface area contributed by atoms with Gasteiger partial charge in [-0.15, -0.1) is 0 Å². The summed E-state index contributed by atoms with van der Waals surface area (Å²) in [6.07, 6.45) is 0. The second-order valence-corrected chi connectivity index (χ2v) is 6.69. The van der Waals surface area contributed by atoms with Crippen LogP contribution in [0.1, 0.15) is 35.7 Å². The molecule has 2 aromatic carbocycles. The lowest BCUT2D eigenvalue weighted by Crippen LogP contribution is -2.37. The van der Waals surface area contributed by atoms with Crippen LogP contribution in [0.5, 0.6) is 0 Å². The van der Waals surface area contributed by atoms with E-state index in [2.05, 4.69) is 15.3 Å². The number of amides is 1. The zero-order valence-corrected chi connectivity index (χ0v) is 15.9. The van der Waals surface area contributed by atoms with Gasteiger partial charge >= 0.3 is 0 Å². The van der Waals surface area contributed by atoms with Crippen LogP contribution in [0.2, 0.25) is 0 Å². The van der Waals surface area contributed by atoms with E-state index in [-0.39, 0.29) is 11.9 Å². The highest BCUT2D eigenvalue weighted by molar-refractivity contribution is 5.93. The highest BCUT2D eigenvalue weighted by Crippen LogP contribution is 2.18. The van der Waals surface area contributed by atoms with Gasteiger partial charge in [-0.25, -0.2) is 9.97 Å². The molecule has 0 aliphatic heterocycles. The fraction of sp³-hybridized carbons (Fsp3) is 0.227. The number of aryl methyl sites for hydroxylation is 1. The minimum Gasteiger partial charge on any atom is -0.340 e. The first-order chi connectivity index (χ1) is 13.0. The maximum absolute atomic E-state index is 13.2. The molecule has 0 atom stereocenters. The lowest BCUT2D eigenvalue weighted by atomic mass is 10.1. The third kappa shape index (κ3) is 4.91. The predicted molar refractivity (Wildman–Crippen MR) is 108 cm³/mol. The Bertz CT molecular complexity index is 895. The van der Waals surface area contributed by atoms with Gasteiger partial charge in [-0.2, -0.15) is 0 Å². The van der Waals surface area contributed by atoms with Crippen LogP contribution in [-0.2, 0) is 6.54 Å². The molecule has 0 saturated carbocycles. The van der Waals surface area contributed by atoms with E-state index >= 15 is 0 Å². The topological polar surface area (TPSA) is 58.1 Å². The van der Waals surface area contributed by atoms with Crippen LogP contribution >= 0.6 is 0 Å². The number of aromatic nitrogens is 2. The second-order valence-electron chi connectivity index (χ2n) is 6.69. The summed E-state index contributed by atoms with van der Waals surface area (Å²) in [4.78, 5) is 23.8. The summed E-state index contributed by atoms with van der Waals surface area (Å²) in [5.74, 6) is 1.07. The van der Waals surface area contributed by atoms with E-state index in [1.807, 2.05) is 79.4 Å². The monoisotopic (exact) mass is 360 g/mol. The third-order valence-electron chi connectivity index (χ3n) is 4.18. The summed E-state index contributed by atoms with van der Waals surface area (Å²) in [6, 6.07) is 21.5. The molecule has 0 fully saturated rings. The fourth-order valence-electron chi connectivity index (χ4n) is 2.83. The van der Waals surface area contributed by atoms with E-state index in [0.29, 0.717) is 23.9 Å². The molecule has 1 heterocycles. The van der Waals surface area contributed by atoms with Gasteiger partial charge in [0.15, 0.2) is 0 Å². The van der Waals surface area contributed by atoms with Crippen molar-refractivity contribution in [3.63, 3.8) is 0 Å². The molecule has 0 aliphatic rings. The molecule has 1 N–H and O–H groups in total. The van der Waals surface area contributed by atoms with Crippen LogP contribution in [0.25, 0.3) is 0 Å². The summed E-state index contributed by atoms with van der Waals surface area (Å²) >= 11 is 0. The zero-order valence-electron chi connectivity index (χ0n) is 15.9. The van der Waals surface area contributed by atoms with E-state index in [1.165, 1.54) is 0 Å². The van der Waals surface area contributed by atoms with E-state index < -0.39 is 0 Å². The molecular weight excluding hydrogens is 336 g/mol. The molecule has 3 rings (SSSR count). The second kappa shape index (κ2) is 8.45. The smallest absolute Gasteiger partial charge is 0.273 e. The van der Waals surface area contributed by atoms with Gasteiger partial charge < -0.3 is 10.2 Å². The number of carbonyl (C=O) groups is 1. The number of rotatable bonds is 6. The van der Waals surface area contributed by atoms with Crippen molar-refractivity contribution in [1.82, 2.24) is 14.9 Å². The Hall–Kier alpha value is -3.21. The third-order valence-corrected chi connectivity index (χ3v) is 4.18. The van der Waals surface area contributed by atoms with Crippen molar-refractivity contribution in [2.45, 2.75) is 33.4 Å². The number of nitrogens with zero attached hydrogens (tertiary/aromatic N) is 3. The molecular formula is C22H24N4O. The summed E-state index contributed by atoms with van der Waals surface area (Å²) in [6.45, 7) is 6.36. The fourth-order valence-corrected chi connectivity index (χ4v) is 2.83. The minimum absolute atomic E-state index is 0.0542. The summed E-state index contributed by atoms with van der Waals surface area (Å²) < 4.78 is 0. The predicted octanol–water partition coefficient (Wildman–Crippen LogP) is 4.58. The molecule has 0 radical (unpaired) electrons. The van der Waals surface area contributed by atoms with Gasteiger partial charge in [0, 0.05) is 24.3 Å². The highest BCUT2D eigenvalue weighted by Gasteiger charge is 2.21. The van der Waals surface area contributed by atoms with Gasteiger partial charge in [-0.05, 0) is 38.5 Å². The quantitative estimate of drug-likeness (QED) is 0.699. The molecule has 5 nitrogen and oxygen atoms in total. The van der Waals surface area contributed by atoms with Crippen LogP contribution in [0.3, 0.4) is 0 Å². The van der Waals surface area contributed by atoms with Crippen LogP contribution in [0.4, 0.5) is 11.5 Å². The molecule has 1 aromatic heterocycles. The Morgan fingerprint density at radius 1 is 1.00 bits per heavy atom. The summed E-state index contributed by atoms with van der Waals surface area (Å²) in [7, 11) is 0. The van der Waals surface area contributed by atoms with Crippen molar-refractivity contribution in [1.29, 1.82) is 0 Å². The van der Waals surface area contributed by atoms with Crippen LogP contribution in [0.15, 0.2) is 66.7 Å². The lowest BCUT2D eigenvalue weighted by molar-refractivity contribution is 0.0684. The average Bonchev–Trinajstić information content (AvgIpc) is 2.66. The molecule has 138 valence electrons. The van der Waals surface area contributed by atoms with Crippen molar-refractivity contribution in [3.05, 3.63) is 83.8 Å². The van der Waals surface area contributed by atoms with Gasteiger partial charge in [-0.3, -0.25) is 4.79 Å². The Morgan fingerprint density at radius 2 is 1.63 bits per heavy atom. The average molecular weight is 360 g/mol. The minimum atomic E-state index is -0.101. The Balaban J connectivity index is 1.85. The van der Waals surface area contributed by atoms with Crippen molar-refractivity contribution < 1.29 is 4.79 Å². The maximum atomic E-state index is 13.2.